The Morgan fingerprint density at radius 1 is 1.32 bits per heavy atom. The van der Waals surface area contributed by atoms with Gasteiger partial charge < -0.3 is 9.47 Å². The van der Waals surface area contributed by atoms with Gasteiger partial charge in [0.15, 0.2) is 0 Å². The molecule has 0 amide bonds. The third-order valence-corrected chi connectivity index (χ3v) is 2.71. The topological polar surface area (TPSA) is 74.5 Å². The van der Waals surface area contributed by atoms with E-state index in [9.17, 15) is 10.1 Å². The Kier molecular flexibility index (Phi) is 3.96. The summed E-state index contributed by atoms with van der Waals surface area (Å²) in [6.07, 6.45) is 3.06. The first-order chi connectivity index (χ1) is 9.11. The van der Waals surface area contributed by atoms with Crippen molar-refractivity contribution >= 4 is 21.6 Å². The Morgan fingerprint density at radius 3 is 2.68 bits per heavy atom. The van der Waals surface area contributed by atoms with Gasteiger partial charge in [-0.1, -0.05) is 6.07 Å². The molecule has 0 spiro atoms. The van der Waals surface area contributed by atoms with Crippen LogP contribution in [-0.2, 0) is 0 Å². The molecule has 19 heavy (non-hydrogen) atoms. The summed E-state index contributed by atoms with van der Waals surface area (Å²) in [6, 6.07) is 6.29. The van der Waals surface area contributed by atoms with Crippen LogP contribution in [0, 0.1) is 10.1 Å². The molecule has 1 aromatic carbocycles. The van der Waals surface area contributed by atoms with E-state index in [1.54, 1.807) is 18.3 Å². The van der Waals surface area contributed by atoms with Crippen LogP contribution in [0.5, 0.6) is 17.2 Å². The van der Waals surface area contributed by atoms with E-state index < -0.39 is 4.92 Å². The van der Waals surface area contributed by atoms with E-state index in [0.29, 0.717) is 5.75 Å². The van der Waals surface area contributed by atoms with Gasteiger partial charge in [0.25, 0.3) is 0 Å². The Morgan fingerprint density at radius 2 is 2.05 bits per heavy atom. The van der Waals surface area contributed by atoms with Crippen molar-refractivity contribution in [3.05, 3.63) is 51.2 Å². The van der Waals surface area contributed by atoms with E-state index >= 15 is 0 Å². The van der Waals surface area contributed by atoms with Gasteiger partial charge in [-0.05, 0) is 34.1 Å². The van der Waals surface area contributed by atoms with E-state index in [0.717, 1.165) is 4.47 Å². The van der Waals surface area contributed by atoms with Gasteiger partial charge >= 0.3 is 5.69 Å². The number of rotatable bonds is 4. The first-order valence-electron chi connectivity index (χ1n) is 5.21. The molecule has 0 atom stereocenters. The third kappa shape index (κ3) is 3.00. The lowest BCUT2D eigenvalue weighted by atomic mass is 10.2. The van der Waals surface area contributed by atoms with Crippen molar-refractivity contribution in [1.82, 2.24) is 4.98 Å². The molecule has 0 aliphatic rings. The molecule has 6 nitrogen and oxygen atoms in total. The fourth-order valence-electron chi connectivity index (χ4n) is 1.50. The molecule has 0 aliphatic heterocycles. The largest absolute Gasteiger partial charge is 0.490 e. The maximum absolute atomic E-state index is 11.1. The van der Waals surface area contributed by atoms with Gasteiger partial charge in [-0.3, -0.25) is 15.1 Å². The second kappa shape index (κ2) is 5.66. The number of halogens is 1. The summed E-state index contributed by atoms with van der Waals surface area (Å²) >= 11 is 3.25. The molecular formula is C12H9BrN2O4. The minimum absolute atomic E-state index is 0.101. The summed E-state index contributed by atoms with van der Waals surface area (Å²) in [5, 5.41) is 11.1. The number of para-hydroxylation sites is 1. The lowest BCUT2D eigenvalue weighted by Crippen LogP contribution is -1.97. The van der Waals surface area contributed by atoms with Gasteiger partial charge in [0.1, 0.15) is 5.75 Å². The van der Waals surface area contributed by atoms with E-state index in [1.807, 2.05) is 0 Å². The quantitative estimate of drug-likeness (QED) is 0.635. The number of methoxy groups -OCH3 is 1. The van der Waals surface area contributed by atoms with Crippen molar-refractivity contribution in [3.8, 4) is 17.2 Å². The van der Waals surface area contributed by atoms with E-state index in [-0.39, 0.29) is 17.2 Å². The van der Waals surface area contributed by atoms with Crippen molar-refractivity contribution < 1.29 is 14.4 Å². The number of hydrogen-bond acceptors (Lipinski definition) is 5. The average Bonchev–Trinajstić information content (AvgIpc) is 2.38. The normalized spacial score (nSPS) is 10.0. The highest BCUT2D eigenvalue weighted by Gasteiger charge is 2.22. The van der Waals surface area contributed by atoms with Crippen molar-refractivity contribution in [1.29, 1.82) is 0 Å². The molecule has 0 unspecified atom stereocenters. The summed E-state index contributed by atoms with van der Waals surface area (Å²) in [6.45, 7) is 0. The lowest BCUT2D eigenvalue weighted by molar-refractivity contribution is -0.386. The summed E-state index contributed by atoms with van der Waals surface area (Å²) in [4.78, 5) is 14.5. The molecule has 0 N–H and O–H groups in total. The predicted molar refractivity (Wildman–Crippen MR) is 71.7 cm³/mol. The van der Waals surface area contributed by atoms with Gasteiger partial charge in [0, 0.05) is 10.7 Å². The average molecular weight is 325 g/mol. The van der Waals surface area contributed by atoms with Crippen LogP contribution in [-0.4, -0.2) is 17.0 Å². The number of ether oxygens (including phenoxy) is 2. The number of nitrogens with zero attached hydrogens (tertiary/aromatic N) is 2. The van der Waals surface area contributed by atoms with Crippen LogP contribution in [0.4, 0.5) is 5.69 Å². The summed E-state index contributed by atoms with van der Waals surface area (Å²) < 4.78 is 11.2. The molecule has 1 aromatic heterocycles. The molecule has 0 aliphatic carbocycles. The molecule has 0 fully saturated rings. The van der Waals surface area contributed by atoms with Gasteiger partial charge in [0.2, 0.25) is 11.5 Å². The number of benzene rings is 1. The molecule has 0 radical (unpaired) electrons. The standard InChI is InChI=1S/C12H9BrN2O4/c1-18-10-3-2-4-11(12(10)15(16)17)19-9-5-8(13)6-14-7-9/h2-7H,1H3. The molecule has 98 valence electrons. The van der Waals surface area contributed by atoms with Crippen molar-refractivity contribution in [3.63, 3.8) is 0 Å². The number of nitro groups is 1. The first-order valence-corrected chi connectivity index (χ1v) is 6.01. The Labute approximate surface area is 117 Å². The summed E-state index contributed by atoms with van der Waals surface area (Å²) in [5.41, 5.74) is -0.218. The minimum Gasteiger partial charge on any atom is -0.490 e. The van der Waals surface area contributed by atoms with Crippen LogP contribution < -0.4 is 9.47 Å². The van der Waals surface area contributed by atoms with E-state index in [4.69, 9.17) is 9.47 Å². The number of pyridine rings is 1. The van der Waals surface area contributed by atoms with Crippen molar-refractivity contribution in [2.45, 2.75) is 0 Å². The van der Waals surface area contributed by atoms with Gasteiger partial charge in [-0.2, -0.15) is 0 Å². The zero-order chi connectivity index (χ0) is 13.8. The van der Waals surface area contributed by atoms with Crippen LogP contribution in [0.2, 0.25) is 0 Å². The number of aromatic nitrogens is 1. The molecular weight excluding hydrogens is 316 g/mol. The van der Waals surface area contributed by atoms with Gasteiger partial charge in [0.05, 0.1) is 18.2 Å². The second-order valence-electron chi connectivity index (χ2n) is 3.51. The summed E-state index contributed by atoms with van der Waals surface area (Å²) in [7, 11) is 1.37. The lowest BCUT2D eigenvalue weighted by Gasteiger charge is -2.08. The molecule has 2 rings (SSSR count). The molecule has 1 heterocycles. The zero-order valence-corrected chi connectivity index (χ0v) is 11.5. The smallest absolute Gasteiger partial charge is 0.352 e. The monoisotopic (exact) mass is 324 g/mol. The number of nitro benzene ring substituents is 1. The van der Waals surface area contributed by atoms with Gasteiger partial charge in [-0.25, -0.2) is 0 Å². The minimum atomic E-state index is -0.542. The van der Waals surface area contributed by atoms with Crippen molar-refractivity contribution in [2.75, 3.05) is 7.11 Å². The Hall–Kier alpha value is -2.15. The Balaban J connectivity index is 2.42. The zero-order valence-electron chi connectivity index (χ0n) is 9.87. The first kappa shape index (κ1) is 13.3. The highest BCUT2D eigenvalue weighted by molar-refractivity contribution is 9.10. The van der Waals surface area contributed by atoms with E-state index in [2.05, 4.69) is 20.9 Å². The van der Waals surface area contributed by atoms with E-state index in [1.165, 1.54) is 25.4 Å². The molecule has 0 saturated heterocycles. The van der Waals surface area contributed by atoms with Crippen molar-refractivity contribution in [2.24, 2.45) is 0 Å². The fourth-order valence-corrected chi connectivity index (χ4v) is 1.85. The van der Waals surface area contributed by atoms with Crippen LogP contribution >= 0.6 is 15.9 Å². The second-order valence-corrected chi connectivity index (χ2v) is 4.42. The summed E-state index contributed by atoms with van der Waals surface area (Å²) in [5.74, 6) is 0.639. The molecule has 0 saturated carbocycles. The maximum atomic E-state index is 11.1. The van der Waals surface area contributed by atoms with Crippen LogP contribution in [0.25, 0.3) is 0 Å². The SMILES string of the molecule is COc1cccc(Oc2cncc(Br)c2)c1[N+](=O)[O-]. The highest BCUT2D eigenvalue weighted by atomic mass is 79.9. The predicted octanol–water partition coefficient (Wildman–Crippen LogP) is 3.55. The van der Waals surface area contributed by atoms with Crippen LogP contribution in [0.15, 0.2) is 41.1 Å². The van der Waals surface area contributed by atoms with Gasteiger partial charge in [-0.15, -0.1) is 0 Å². The fraction of sp³-hybridized carbons (Fsp3) is 0.0833. The third-order valence-electron chi connectivity index (χ3n) is 2.27. The highest BCUT2D eigenvalue weighted by Crippen LogP contribution is 2.38. The molecule has 7 heteroatoms. The number of hydrogen-bond donors (Lipinski definition) is 0. The molecule has 0 bridgehead atoms. The molecule has 2 aromatic rings. The maximum Gasteiger partial charge on any atom is 0.352 e. The van der Waals surface area contributed by atoms with Crippen LogP contribution in [0.3, 0.4) is 0 Å². The van der Waals surface area contributed by atoms with Crippen LogP contribution in [0.1, 0.15) is 0 Å². The Bertz CT molecular complexity index is 618.